The Labute approximate surface area is 137 Å². The highest BCUT2D eigenvalue weighted by Crippen LogP contribution is 2.30. The van der Waals surface area contributed by atoms with Gasteiger partial charge in [0.1, 0.15) is 6.54 Å². The van der Waals surface area contributed by atoms with Gasteiger partial charge in [-0.15, -0.1) is 0 Å². The number of halogens is 1. The minimum atomic E-state index is -3.88. The molecule has 0 aliphatic heterocycles. The molecule has 5 nitrogen and oxygen atoms in total. The number of methoxy groups -OCH3 is 1. The number of carbonyl (C=O) groups is 1. The molecule has 0 aromatic heterocycles. The molecule has 22 heavy (non-hydrogen) atoms. The van der Waals surface area contributed by atoms with E-state index in [4.69, 9.17) is 0 Å². The molecular weight excluding hydrogens is 370 g/mol. The summed E-state index contributed by atoms with van der Waals surface area (Å²) in [5, 5.41) is 0. The van der Waals surface area contributed by atoms with Crippen LogP contribution in [-0.4, -0.2) is 28.0 Å². The summed E-state index contributed by atoms with van der Waals surface area (Å²) < 4.78 is 31.9. The minimum absolute atomic E-state index is 0.106. The van der Waals surface area contributed by atoms with Gasteiger partial charge in [0.25, 0.3) is 10.0 Å². The molecule has 0 atom stereocenters. The number of carbonyl (C=O) groups excluding carboxylic acids is 1. The summed E-state index contributed by atoms with van der Waals surface area (Å²) in [5.41, 5.74) is 0.372. The number of sulfonamides is 1. The zero-order valence-electron chi connectivity index (χ0n) is 11.8. The Bertz CT molecular complexity index is 762. The standard InChI is InChI=1S/C15H14BrNO4S/c1-21-15(18)11-17(14-10-6-5-9-13(14)16)22(19,20)12-7-3-2-4-8-12/h2-10H,11H2,1H3. The van der Waals surface area contributed by atoms with Crippen molar-refractivity contribution < 1.29 is 17.9 Å². The maximum absolute atomic E-state index is 12.8. The fourth-order valence-corrected chi connectivity index (χ4v) is 3.92. The van der Waals surface area contributed by atoms with E-state index in [1.165, 1.54) is 19.2 Å². The van der Waals surface area contributed by atoms with Crippen LogP contribution in [0.1, 0.15) is 0 Å². The summed E-state index contributed by atoms with van der Waals surface area (Å²) in [7, 11) is -2.66. The van der Waals surface area contributed by atoms with Crippen LogP contribution in [0.25, 0.3) is 0 Å². The van der Waals surface area contributed by atoms with Gasteiger partial charge in [-0.25, -0.2) is 8.42 Å². The van der Waals surface area contributed by atoms with Gasteiger partial charge in [-0.3, -0.25) is 9.10 Å². The predicted octanol–water partition coefficient (Wildman–Crippen LogP) is 2.82. The van der Waals surface area contributed by atoms with E-state index in [0.717, 1.165) is 4.31 Å². The second-order valence-corrected chi connectivity index (χ2v) is 7.07. The lowest BCUT2D eigenvalue weighted by Crippen LogP contribution is -2.36. The molecule has 7 heteroatoms. The first kappa shape index (κ1) is 16.5. The number of nitrogens with zero attached hydrogens (tertiary/aromatic N) is 1. The van der Waals surface area contributed by atoms with Crippen LogP contribution in [0.5, 0.6) is 0 Å². The van der Waals surface area contributed by atoms with Crippen molar-refractivity contribution >= 4 is 37.6 Å². The molecule has 0 aliphatic carbocycles. The number of benzene rings is 2. The monoisotopic (exact) mass is 383 g/mol. The highest BCUT2D eigenvalue weighted by atomic mass is 79.9. The second kappa shape index (κ2) is 6.93. The van der Waals surface area contributed by atoms with E-state index in [-0.39, 0.29) is 4.90 Å². The molecular formula is C15H14BrNO4S. The lowest BCUT2D eigenvalue weighted by Gasteiger charge is -2.24. The fourth-order valence-electron chi connectivity index (χ4n) is 1.86. The van der Waals surface area contributed by atoms with Crippen LogP contribution in [0.4, 0.5) is 5.69 Å². The normalized spacial score (nSPS) is 11.0. The predicted molar refractivity (Wildman–Crippen MR) is 87.1 cm³/mol. The molecule has 0 saturated carbocycles. The van der Waals surface area contributed by atoms with Crippen molar-refractivity contribution in [2.75, 3.05) is 18.0 Å². The van der Waals surface area contributed by atoms with Crippen molar-refractivity contribution in [1.82, 2.24) is 0 Å². The molecule has 0 aliphatic rings. The quantitative estimate of drug-likeness (QED) is 0.744. The number of hydrogen-bond acceptors (Lipinski definition) is 4. The Hall–Kier alpha value is -1.86. The van der Waals surface area contributed by atoms with Crippen LogP contribution in [-0.2, 0) is 19.6 Å². The number of esters is 1. The van der Waals surface area contributed by atoms with Gasteiger partial charge in [-0.1, -0.05) is 30.3 Å². The van der Waals surface area contributed by atoms with E-state index in [0.29, 0.717) is 10.2 Å². The zero-order chi connectivity index (χ0) is 16.2. The first-order chi connectivity index (χ1) is 10.5. The molecule has 0 spiro atoms. The van der Waals surface area contributed by atoms with Crippen LogP contribution < -0.4 is 4.31 Å². The highest BCUT2D eigenvalue weighted by molar-refractivity contribution is 9.10. The summed E-state index contributed by atoms with van der Waals surface area (Å²) in [6, 6.07) is 14.7. The molecule has 2 aromatic rings. The lowest BCUT2D eigenvalue weighted by molar-refractivity contribution is -0.138. The van der Waals surface area contributed by atoms with Gasteiger partial charge in [-0.05, 0) is 40.2 Å². The summed E-state index contributed by atoms with van der Waals surface area (Å²) in [6.07, 6.45) is 0. The molecule has 0 N–H and O–H groups in total. The molecule has 0 bridgehead atoms. The number of para-hydroxylation sites is 1. The van der Waals surface area contributed by atoms with Crippen molar-refractivity contribution in [3.8, 4) is 0 Å². The van der Waals surface area contributed by atoms with E-state index in [9.17, 15) is 13.2 Å². The van der Waals surface area contributed by atoms with Gasteiger partial charge in [0.15, 0.2) is 0 Å². The first-order valence-corrected chi connectivity index (χ1v) is 8.59. The Morgan fingerprint density at radius 3 is 2.27 bits per heavy atom. The van der Waals surface area contributed by atoms with E-state index >= 15 is 0 Å². The molecule has 0 amide bonds. The summed E-state index contributed by atoms with van der Waals surface area (Å²) in [4.78, 5) is 11.7. The van der Waals surface area contributed by atoms with Crippen LogP contribution >= 0.6 is 15.9 Å². The van der Waals surface area contributed by atoms with Gasteiger partial charge >= 0.3 is 5.97 Å². The average molecular weight is 384 g/mol. The van der Waals surface area contributed by atoms with Gasteiger partial charge < -0.3 is 4.74 Å². The summed E-state index contributed by atoms with van der Waals surface area (Å²) in [6.45, 7) is -0.406. The van der Waals surface area contributed by atoms with Crippen molar-refractivity contribution in [3.63, 3.8) is 0 Å². The van der Waals surface area contributed by atoms with Gasteiger partial charge in [0.2, 0.25) is 0 Å². The lowest BCUT2D eigenvalue weighted by atomic mass is 10.3. The zero-order valence-corrected chi connectivity index (χ0v) is 14.2. The Balaban J connectivity index is 2.54. The van der Waals surface area contributed by atoms with Crippen molar-refractivity contribution in [2.24, 2.45) is 0 Å². The van der Waals surface area contributed by atoms with Crippen LogP contribution in [0.2, 0.25) is 0 Å². The Kier molecular flexibility index (Phi) is 5.20. The third-order valence-electron chi connectivity index (χ3n) is 2.95. The minimum Gasteiger partial charge on any atom is -0.468 e. The molecule has 0 heterocycles. The van der Waals surface area contributed by atoms with E-state index in [2.05, 4.69) is 20.7 Å². The second-order valence-electron chi connectivity index (χ2n) is 4.35. The highest BCUT2D eigenvalue weighted by Gasteiger charge is 2.28. The van der Waals surface area contributed by atoms with Crippen LogP contribution in [0, 0.1) is 0 Å². The largest absolute Gasteiger partial charge is 0.468 e. The first-order valence-electron chi connectivity index (χ1n) is 6.36. The number of ether oxygens (including phenoxy) is 1. The van der Waals surface area contributed by atoms with E-state index in [1.807, 2.05) is 0 Å². The molecule has 0 radical (unpaired) electrons. The third-order valence-corrected chi connectivity index (χ3v) is 5.40. The number of hydrogen-bond donors (Lipinski definition) is 0. The summed E-state index contributed by atoms with van der Waals surface area (Å²) >= 11 is 3.32. The van der Waals surface area contributed by atoms with Crippen molar-refractivity contribution in [1.29, 1.82) is 0 Å². The summed E-state index contributed by atoms with van der Waals surface area (Å²) in [5.74, 6) is -0.643. The molecule has 2 rings (SSSR count). The molecule has 116 valence electrons. The van der Waals surface area contributed by atoms with Gasteiger partial charge in [0, 0.05) is 4.47 Å². The number of anilines is 1. The average Bonchev–Trinajstić information content (AvgIpc) is 2.54. The molecule has 2 aromatic carbocycles. The van der Waals surface area contributed by atoms with Crippen LogP contribution in [0.3, 0.4) is 0 Å². The maximum Gasteiger partial charge on any atom is 0.326 e. The van der Waals surface area contributed by atoms with Gasteiger partial charge in [-0.2, -0.15) is 0 Å². The van der Waals surface area contributed by atoms with Gasteiger partial charge in [0.05, 0.1) is 17.7 Å². The smallest absolute Gasteiger partial charge is 0.326 e. The Morgan fingerprint density at radius 2 is 1.68 bits per heavy atom. The molecule has 0 saturated heterocycles. The van der Waals surface area contributed by atoms with Crippen LogP contribution in [0.15, 0.2) is 64.0 Å². The third kappa shape index (κ3) is 3.48. The number of rotatable bonds is 5. The van der Waals surface area contributed by atoms with E-state index in [1.54, 1.807) is 42.5 Å². The Morgan fingerprint density at radius 1 is 1.09 bits per heavy atom. The molecule has 0 unspecified atom stereocenters. The van der Waals surface area contributed by atoms with Crippen molar-refractivity contribution in [2.45, 2.75) is 4.90 Å². The topological polar surface area (TPSA) is 63.7 Å². The maximum atomic E-state index is 12.8. The van der Waals surface area contributed by atoms with E-state index < -0.39 is 22.5 Å². The van der Waals surface area contributed by atoms with Crippen molar-refractivity contribution in [3.05, 3.63) is 59.1 Å². The SMILES string of the molecule is COC(=O)CN(c1ccccc1Br)S(=O)(=O)c1ccccc1. The fraction of sp³-hybridized carbons (Fsp3) is 0.133. The molecule has 0 fully saturated rings.